The van der Waals surface area contributed by atoms with Crippen LogP contribution in [0.15, 0.2) is 36.4 Å². The first-order valence-electron chi connectivity index (χ1n) is 12.7. The van der Waals surface area contributed by atoms with Gasteiger partial charge in [0.05, 0.1) is 25.5 Å². The van der Waals surface area contributed by atoms with Gasteiger partial charge in [0, 0.05) is 24.3 Å². The maximum absolute atomic E-state index is 14.8. The second-order valence-electron chi connectivity index (χ2n) is 9.85. The SMILES string of the molecule is CCCC1COC(C2CCC(c3ccc(C(F)(F)Oc4ccc(CCF)c(F)c4)c(F)c3)CC2)OC1. The standard InChI is InChI=1S/C28H33F5O3/c1-2-3-18-16-34-27(35-17-18)21-6-4-19(5-7-21)22-9-11-24(26(31)14-22)28(32,33)36-23-10-8-20(12-13-29)25(30)15-23/h8-11,14-15,18-19,21,27H,2-7,12-13,16-17H2,1H3. The fourth-order valence-electron chi connectivity index (χ4n) is 5.25. The van der Waals surface area contributed by atoms with E-state index in [9.17, 15) is 22.0 Å². The number of halogens is 5. The average molecular weight is 513 g/mol. The molecule has 0 amide bonds. The van der Waals surface area contributed by atoms with Crippen LogP contribution in [-0.4, -0.2) is 26.2 Å². The van der Waals surface area contributed by atoms with E-state index in [2.05, 4.69) is 11.7 Å². The Morgan fingerprint density at radius 2 is 1.67 bits per heavy atom. The van der Waals surface area contributed by atoms with Gasteiger partial charge in [-0.1, -0.05) is 25.5 Å². The zero-order chi connectivity index (χ0) is 25.7. The highest BCUT2D eigenvalue weighted by Crippen LogP contribution is 2.41. The van der Waals surface area contributed by atoms with Crippen molar-refractivity contribution in [1.29, 1.82) is 0 Å². The molecule has 1 aliphatic heterocycles. The summed E-state index contributed by atoms with van der Waals surface area (Å²) in [4.78, 5) is 0. The van der Waals surface area contributed by atoms with E-state index in [1.165, 1.54) is 12.1 Å². The van der Waals surface area contributed by atoms with Crippen LogP contribution in [0.5, 0.6) is 5.75 Å². The van der Waals surface area contributed by atoms with Gasteiger partial charge in [0.1, 0.15) is 17.4 Å². The van der Waals surface area contributed by atoms with Crippen molar-refractivity contribution in [3.05, 3.63) is 64.7 Å². The van der Waals surface area contributed by atoms with E-state index in [-0.39, 0.29) is 30.1 Å². The van der Waals surface area contributed by atoms with Crippen molar-refractivity contribution in [1.82, 2.24) is 0 Å². The molecule has 0 spiro atoms. The van der Waals surface area contributed by atoms with Crippen molar-refractivity contribution in [2.75, 3.05) is 19.9 Å². The number of ether oxygens (including phenoxy) is 3. The maximum atomic E-state index is 14.8. The molecule has 8 heteroatoms. The Morgan fingerprint density at radius 1 is 0.944 bits per heavy atom. The van der Waals surface area contributed by atoms with E-state index in [1.54, 1.807) is 0 Å². The molecule has 1 heterocycles. The first-order valence-corrected chi connectivity index (χ1v) is 12.7. The molecule has 2 fully saturated rings. The van der Waals surface area contributed by atoms with Crippen molar-refractivity contribution in [2.24, 2.45) is 11.8 Å². The molecule has 0 radical (unpaired) electrons. The molecule has 2 aromatic carbocycles. The van der Waals surface area contributed by atoms with Gasteiger partial charge in [0.25, 0.3) is 0 Å². The molecule has 0 atom stereocenters. The largest absolute Gasteiger partial charge is 0.429 e. The highest BCUT2D eigenvalue weighted by molar-refractivity contribution is 5.33. The average Bonchev–Trinajstić information content (AvgIpc) is 2.86. The number of hydrogen-bond donors (Lipinski definition) is 0. The fraction of sp³-hybridized carbons (Fsp3) is 0.571. The van der Waals surface area contributed by atoms with Crippen molar-refractivity contribution in [3.8, 4) is 5.75 Å². The third-order valence-electron chi connectivity index (χ3n) is 7.26. The zero-order valence-electron chi connectivity index (χ0n) is 20.5. The molecule has 0 N–H and O–H groups in total. The quantitative estimate of drug-likeness (QED) is 0.323. The predicted molar refractivity (Wildman–Crippen MR) is 126 cm³/mol. The summed E-state index contributed by atoms with van der Waals surface area (Å²) < 4.78 is 87.2. The molecule has 1 saturated carbocycles. The van der Waals surface area contributed by atoms with E-state index >= 15 is 0 Å². The Hall–Kier alpha value is -2.19. The first-order chi connectivity index (χ1) is 17.3. The lowest BCUT2D eigenvalue weighted by Crippen LogP contribution is -2.38. The van der Waals surface area contributed by atoms with Gasteiger partial charge in [0.2, 0.25) is 0 Å². The van der Waals surface area contributed by atoms with Gasteiger partial charge in [-0.05, 0) is 67.3 Å². The molecule has 4 rings (SSSR count). The molecule has 1 saturated heterocycles. The normalized spacial score (nSPS) is 25.1. The minimum atomic E-state index is -4.00. The lowest BCUT2D eigenvalue weighted by atomic mass is 9.78. The summed E-state index contributed by atoms with van der Waals surface area (Å²) in [5, 5.41) is 0. The Bertz CT molecular complexity index is 999. The van der Waals surface area contributed by atoms with Crippen LogP contribution in [0.2, 0.25) is 0 Å². The molecule has 0 aromatic heterocycles. The molecule has 36 heavy (non-hydrogen) atoms. The van der Waals surface area contributed by atoms with Crippen LogP contribution in [0.4, 0.5) is 22.0 Å². The second kappa shape index (κ2) is 11.9. The summed E-state index contributed by atoms with van der Waals surface area (Å²) in [5.41, 5.74) is -0.194. The molecule has 0 bridgehead atoms. The van der Waals surface area contributed by atoms with E-state index in [4.69, 9.17) is 9.47 Å². The molecule has 1 aliphatic carbocycles. The van der Waals surface area contributed by atoms with Crippen molar-refractivity contribution >= 4 is 0 Å². The Morgan fingerprint density at radius 3 is 2.28 bits per heavy atom. The molecular formula is C28H33F5O3. The summed E-state index contributed by atoms with van der Waals surface area (Å²) in [6.07, 6.45) is 1.14. The van der Waals surface area contributed by atoms with Crippen molar-refractivity contribution in [3.63, 3.8) is 0 Å². The molecule has 2 aromatic rings. The van der Waals surface area contributed by atoms with Crippen LogP contribution in [0, 0.1) is 23.5 Å². The van der Waals surface area contributed by atoms with Crippen LogP contribution < -0.4 is 4.74 Å². The second-order valence-corrected chi connectivity index (χ2v) is 9.85. The maximum Gasteiger partial charge on any atom is 0.429 e. The van der Waals surface area contributed by atoms with Crippen molar-refractivity contribution < 1.29 is 36.2 Å². The third-order valence-corrected chi connectivity index (χ3v) is 7.26. The van der Waals surface area contributed by atoms with E-state index in [0.717, 1.165) is 76.0 Å². The number of aryl methyl sites for hydroxylation is 1. The number of hydrogen-bond acceptors (Lipinski definition) is 3. The summed E-state index contributed by atoms with van der Waals surface area (Å²) in [6, 6.07) is 6.75. The van der Waals surface area contributed by atoms with Gasteiger partial charge >= 0.3 is 6.11 Å². The molecule has 3 nitrogen and oxygen atoms in total. The fourth-order valence-corrected chi connectivity index (χ4v) is 5.25. The lowest BCUT2D eigenvalue weighted by Gasteiger charge is -2.37. The highest BCUT2D eigenvalue weighted by atomic mass is 19.3. The zero-order valence-corrected chi connectivity index (χ0v) is 20.5. The van der Waals surface area contributed by atoms with Crippen LogP contribution in [-0.2, 0) is 22.0 Å². The van der Waals surface area contributed by atoms with Crippen LogP contribution in [0.1, 0.15) is 68.1 Å². The Balaban J connectivity index is 1.35. The number of alkyl halides is 3. The van der Waals surface area contributed by atoms with Crippen LogP contribution in [0.25, 0.3) is 0 Å². The van der Waals surface area contributed by atoms with E-state index in [1.807, 2.05) is 0 Å². The predicted octanol–water partition coefficient (Wildman–Crippen LogP) is 7.67. The topological polar surface area (TPSA) is 27.7 Å². The van der Waals surface area contributed by atoms with Gasteiger partial charge in [-0.2, -0.15) is 8.78 Å². The first kappa shape index (κ1) is 26.9. The highest BCUT2D eigenvalue weighted by Gasteiger charge is 2.39. The lowest BCUT2D eigenvalue weighted by molar-refractivity contribution is -0.229. The molecule has 0 unspecified atom stereocenters. The summed E-state index contributed by atoms with van der Waals surface area (Å²) in [6.45, 7) is 2.81. The van der Waals surface area contributed by atoms with Gasteiger partial charge in [0.15, 0.2) is 6.29 Å². The summed E-state index contributed by atoms with van der Waals surface area (Å²) >= 11 is 0. The molecule has 2 aliphatic rings. The minimum absolute atomic E-state index is 0.0562. The summed E-state index contributed by atoms with van der Waals surface area (Å²) in [7, 11) is 0. The monoisotopic (exact) mass is 512 g/mol. The molecule has 198 valence electrons. The Labute approximate surface area is 208 Å². The van der Waals surface area contributed by atoms with Crippen LogP contribution in [0.3, 0.4) is 0 Å². The third kappa shape index (κ3) is 6.38. The van der Waals surface area contributed by atoms with E-state index < -0.39 is 35.7 Å². The number of benzene rings is 2. The van der Waals surface area contributed by atoms with Gasteiger partial charge in [-0.25, -0.2) is 8.78 Å². The minimum Gasteiger partial charge on any atom is -0.429 e. The summed E-state index contributed by atoms with van der Waals surface area (Å²) in [5.74, 6) is -1.59. The van der Waals surface area contributed by atoms with Gasteiger partial charge in [-0.15, -0.1) is 0 Å². The molecular weight excluding hydrogens is 479 g/mol. The number of rotatable bonds is 9. The Kier molecular flexibility index (Phi) is 8.88. The van der Waals surface area contributed by atoms with Gasteiger partial charge in [-0.3, -0.25) is 4.39 Å². The van der Waals surface area contributed by atoms with Crippen molar-refractivity contribution in [2.45, 2.75) is 70.2 Å². The van der Waals surface area contributed by atoms with E-state index in [0.29, 0.717) is 11.5 Å². The van der Waals surface area contributed by atoms with Gasteiger partial charge < -0.3 is 14.2 Å². The smallest absolute Gasteiger partial charge is 0.429 e. The van der Waals surface area contributed by atoms with Crippen LogP contribution >= 0.6 is 0 Å².